The first-order chi connectivity index (χ1) is 8.28. The van der Waals surface area contributed by atoms with Crippen LogP contribution in [0.1, 0.15) is 6.92 Å². The number of rotatable bonds is 4. The highest BCUT2D eigenvalue weighted by Gasteiger charge is 1.99. The van der Waals surface area contributed by atoms with Crippen molar-refractivity contribution in [3.8, 4) is 5.75 Å². The fourth-order valence-corrected chi connectivity index (χ4v) is 1.46. The minimum absolute atomic E-state index is 0.471. The van der Waals surface area contributed by atoms with Gasteiger partial charge in [0.05, 0.1) is 6.61 Å². The van der Waals surface area contributed by atoms with Crippen LogP contribution >= 0.6 is 0 Å². The average molecular weight is 232 g/mol. The Morgan fingerprint density at radius 1 is 1.24 bits per heavy atom. The van der Waals surface area contributed by atoms with Gasteiger partial charge in [-0.25, -0.2) is 4.98 Å². The molecule has 0 aliphatic heterocycles. The molecule has 0 saturated carbocycles. The van der Waals surface area contributed by atoms with E-state index in [1.165, 1.54) is 6.07 Å². The summed E-state index contributed by atoms with van der Waals surface area (Å²) in [5.74, 6) is 0.739. The van der Waals surface area contributed by atoms with Gasteiger partial charge in [-0.3, -0.25) is 0 Å². The second-order valence-electron chi connectivity index (χ2n) is 3.43. The standard InChI is InChI=1S/C13H13FN2O/c1-2-17-11-6-3-5-10(9-11)15-13-8-4-7-12(14)16-13/h3-9H,2H2,1H3,(H,15,16). The number of hydrogen-bond acceptors (Lipinski definition) is 3. The number of nitrogens with one attached hydrogen (secondary N) is 1. The first-order valence-corrected chi connectivity index (χ1v) is 5.40. The van der Waals surface area contributed by atoms with E-state index in [4.69, 9.17) is 4.74 Å². The smallest absolute Gasteiger partial charge is 0.214 e. The van der Waals surface area contributed by atoms with E-state index in [2.05, 4.69) is 10.3 Å². The Balaban J connectivity index is 2.15. The molecule has 0 spiro atoms. The summed E-state index contributed by atoms with van der Waals surface area (Å²) in [4.78, 5) is 3.73. The molecule has 2 aromatic rings. The van der Waals surface area contributed by atoms with Crippen molar-refractivity contribution >= 4 is 11.5 Å². The van der Waals surface area contributed by atoms with Gasteiger partial charge in [0.25, 0.3) is 0 Å². The summed E-state index contributed by atoms with van der Waals surface area (Å²) in [5, 5.41) is 3.01. The van der Waals surface area contributed by atoms with E-state index in [0.29, 0.717) is 12.4 Å². The van der Waals surface area contributed by atoms with Crippen molar-refractivity contribution < 1.29 is 9.13 Å². The lowest BCUT2D eigenvalue weighted by Gasteiger charge is -2.08. The fraction of sp³-hybridized carbons (Fsp3) is 0.154. The SMILES string of the molecule is CCOc1cccc(Nc2cccc(F)n2)c1. The Kier molecular flexibility index (Phi) is 3.55. The zero-order chi connectivity index (χ0) is 12.1. The molecule has 17 heavy (non-hydrogen) atoms. The van der Waals surface area contributed by atoms with Gasteiger partial charge in [-0.1, -0.05) is 12.1 Å². The summed E-state index contributed by atoms with van der Waals surface area (Å²) < 4.78 is 18.3. The van der Waals surface area contributed by atoms with Gasteiger partial charge in [-0.2, -0.15) is 4.39 Å². The Labute approximate surface area is 99.3 Å². The predicted molar refractivity (Wildman–Crippen MR) is 65.1 cm³/mol. The molecule has 2 rings (SSSR count). The number of halogens is 1. The molecule has 1 N–H and O–H groups in total. The maximum atomic E-state index is 12.9. The zero-order valence-electron chi connectivity index (χ0n) is 9.48. The number of pyridine rings is 1. The van der Waals surface area contributed by atoms with Crippen LogP contribution in [-0.2, 0) is 0 Å². The molecule has 0 fully saturated rings. The minimum atomic E-state index is -0.504. The molecule has 88 valence electrons. The zero-order valence-corrected chi connectivity index (χ0v) is 9.48. The molecule has 1 heterocycles. The van der Waals surface area contributed by atoms with Crippen LogP contribution in [-0.4, -0.2) is 11.6 Å². The van der Waals surface area contributed by atoms with E-state index in [9.17, 15) is 4.39 Å². The van der Waals surface area contributed by atoms with E-state index >= 15 is 0 Å². The lowest BCUT2D eigenvalue weighted by Crippen LogP contribution is -1.96. The van der Waals surface area contributed by atoms with Gasteiger partial charge in [0, 0.05) is 11.8 Å². The third-order valence-electron chi connectivity index (χ3n) is 2.13. The molecule has 1 aromatic carbocycles. The molecule has 0 amide bonds. The second-order valence-corrected chi connectivity index (χ2v) is 3.43. The summed E-state index contributed by atoms with van der Waals surface area (Å²) >= 11 is 0. The third kappa shape index (κ3) is 3.17. The van der Waals surface area contributed by atoms with Crippen molar-refractivity contribution in [2.75, 3.05) is 11.9 Å². The second kappa shape index (κ2) is 5.30. The molecule has 0 saturated heterocycles. The number of hydrogen-bond donors (Lipinski definition) is 1. The van der Waals surface area contributed by atoms with Gasteiger partial charge in [-0.15, -0.1) is 0 Å². The van der Waals surface area contributed by atoms with Crippen molar-refractivity contribution in [3.63, 3.8) is 0 Å². The van der Waals surface area contributed by atoms with Gasteiger partial charge in [0.2, 0.25) is 5.95 Å². The molecule has 1 aromatic heterocycles. The lowest BCUT2D eigenvalue weighted by atomic mass is 10.3. The highest BCUT2D eigenvalue weighted by molar-refractivity contribution is 5.57. The van der Waals surface area contributed by atoms with Gasteiger partial charge < -0.3 is 10.1 Å². The first kappa shape index (κ1) is 11.4. The highest BCUT2D eigenvalue weighted by atomic mass is 19.1. The normalized spacial score (nSPS) is 10.0. The van der Waals surface area contributed by atoms with E-state index in [1.807, 2.05) is 31.2 Å². The highest BCUT2D eigenvalue weighted by Crippen LogP contribution is 2.20. The molecule has 0 radical (unpaired) electrons. The molecule has 0 bridgehead atoms. The molecular weight excluding hydrogens is 219 g/mol. The molecule has 0 atom stereocenters. The van der Waals surface area contributed by atoms with Gasteiger partial charge >= 0.3 is 0 Å². The maximum absolute atomic E-state index is 12.9. The summed E-state index contributed by atoms with van der Waals surface area (Å²) in [6.45, 7) is 2.54. The topological polar surface area (TPSA) is 34.1 Å². The van der Waals surface area contributed by atoms with Crippen LogP contribution in [0.4, 0.5) is 15.9 Å². The Bertz CT molecular complexity index is 502. The Morgan fingerprint density at radius 2 is 2.06 bits per heavy atom. The minimum Gasteiger partial charge on any atom is -0.494 e. The van der Waals surface area contributed by atoms with Crippen LogP contribution in [0.15, 0.2) is 42.5 Å². The number of benzene rings is 1. The number of nitrogens with zero attached hydrogens (tertiary/aromatic N) is 1. The number of anilines is 2. The molecule has 4 heteroatoms. The predicted octanol–water partition coefficient (Wildman–Crippen LogP) is 3.36. The van der Waals surface area contributed by atoms with Crippen molar-refractivity contribution in [2.45, 2.75) is 6.92 Å². The lowest BCUT2D eigenvalue weighted by molar-refractivity contribution is 0.340. The quantitative estimate of drug-likeness (QED) is 0.821. The van der Waals surface area contributed by atoms with Crippen LogP contribution < -0.4 is 10.1 Å². The van der Waals surface area contributed by atoms with Crippen LogP contribution in [0, 0.1) is 5.95 Å². The average Bonchev–Trinajstić information content (AvgIpc) is 2.30. The Morgan fingerprint density at radius 3 is 2.82 bits per heavy atom. The van der Waals surface area contributed by atoms with E-state index < -0.39 is 5.95 Å². The van der Waals surface area contributed by atoms with Gasteiger partial charge in [0.15, 0.2) is 0 Å². The molecule has 3 nitrogen and oxygen atoms in total. The summed E-state index contributed by atoms with van der Waals surface area (Å²) in [5.41, 5.74) is 0.814. The molecule has 0 unspecified atom stereocenters. The molecular formula is C13H13FN2O. The van der Waals surface area contributed by atoms with E-state index in [-0.39, 0.29) is 0 Å². The van der Waals surface area contributed by atoms with Crippen LogP contribution in [0.5, 0.6) is 5.75 Å². The van der Waals surface area contributed by atoms with Crippen molar-refractivity contribution in [2.24, 2.45) is 0 Å². The third-order valence-corrected chi connectivity index (χ3v) is 2.13. The van der Waals surface area contributed by atoms with Gasteiger partial charge in [0.1, 0.15) is 11.6 Å². The van der Waals surface area contributed by atoms with Gasteiger partial charge in [-0.05, 0) is 31.2 Å². The fourth-order valence-electron chi connectivity index (χ4n) is 1.46. The summed E-state index contributed by atoms with van der Waals surface area (Å²) in [6, 6.07) is 12.1. The summed E-state index contributed by atoms with van der Waals surface area (Å²) in [6.07, 6.45) is 0. The van der Waals surface area contributed by atoms with Crippen molar-refractivity contribution in [1.82, 2.24) is 4.98 Å². The van der Waals surface area contributed by atoms with E-state index in [1.54, 1.807) is 12.1 Å². The van der Waals surface area contributed by atoms with E-state index in [0.717, 1.165) is 11.4 Å². The van der Waals surface area contributed by atoms with Crippen LogP contribution in [0.25, 0.3) is 0 Å². The monoisotopic (exact) mass is 232 g/mol. The number of ether oxygens (including phenoxy) is 1. The number of aromatic nitrogens is 1. The largest absolute Gasteiger partial charge is 0.494 e. The van der Waals surface area contributed by atoms with Crippen LogP contribution in [0.3, 0.4) is 0 Å². The van der Waals surface area contributed by atoms with Crippen LogP contribution in [0.2, 0.25) is 0 Å². The first-order valence-electron chi connectivity index (χ1n) is 5.40. The van der Waals surface area contributed by atoms with Crippen molar-refractivity contribution in [1.29, 1.82) is 0 Å². The van der Waals surface area contributed by atoms with Crippen molar-refractivity contribution in [3.05, 3.63) is 48.4 Å². The maximum Gasteiger partial charge on any atom is 0.214 e. The Hall–Kier alpha value is -2.10. The summed E-state index contributed by atoms with van der Waals surface area (Å²) in [7, 11) is 0. The molecule has 0 aliphatic rings. The molecule has 0 aliphatic carbocycles.